The van der Waals surface area contributed by atoms with Gasteiger partial charge in [-0.25, -0.2) is 4.39 Å². The molecule has 2 amide bonds. The number of alkyl halides is 2. The number of aliphatic hydroxyl groups is 1. The maximum atomic E-state index is 13.8. The predicted molar refractivity (Wildman–Crippen MR) is 130 cm³/mol. The highest BCUT2D eigenvalue weighted by atomic mass is 35.5. The molecule has 2 heterocycles. The Hall–Kier alpha value is -1.00. The van der Waals surface area contributed by atoms with Crippen molar-refractivity contribution in [2.75, 3.05) is 19.7 Å². The number of ether oxygens (including phenoxy) is 1. The van der Waals surface area contributed by atoms with Gasteiger partial charge in [-0.1, -0.05) is 6.92 Å². The van der Waals surface area contributed by atoms with Crippen LogP contribution in [-0.2, 0) is 14.3 Å². The summed E-state index contributed by atoms with van der Waals surface area (Å²) in [5, 5.41) is 20.4. The summed E-state index contributed by atoms with van der Waals surface area (Å²) in [6.07, 6.45) is 4.95. The molecule has 8 nitrogen and oxygen atoms in total. The molecule has 0 aromatic rings. The van der Waals surface area contributed by atoms with Crippen LogP contribution in [0.25, 0.3) is 0 Å². The number of rotatable bonds is 6. The van der Waals surface area contributed by atoms with Gasteiger partial charge in [0.05, 0.1) is 29.3 Å². The molecular formula is C25H40ClFN4O4. The average Bonchev–Trinajstić information content (AvgIpc) is 3.27. The number of fused-ring (bicyclic) bond motifs is 4. The lowest BCUT2D eigenvalue weighted by atomic mass is 9.59. The number of carbonyl (C=O) groups is 2. The largest absolute Gasteiger partial charge is 0.391 e. The second-order valence-electron chi connectivity index (χ2n) is 11.8. The lowest BCUT2D eigenvalue weighted by molar-refractivity contribution is -0.140. The molecule has 4 aliphatic carbocycles. The van der Waals surface area contributed by atoms with Gasteiger partial charge in [0, 0.05) is 18.5 Å². The number of aliphatic hydroxyl groups excluding tert-OH is 1. The van der Waals surface area contributed by atoms with Gasteiger partial charge in [-0.05, 0) is 70.3 Å². The van der Waals surface area contributed by atoms with Gasteiger partial charge in [0.1, 0.15) is 18.8 Å². The predicted octanol–water partition coefficient (Wildman–Crippen LogP) is 1.58. The molecule has 6 rings (SSSR count). The summed E-state index contributed by atoms with van der Waals surface area (Å²) in [5.74, 6) is 0.267. The third-order valence-electron chi connectivity index (χ3n) is 9.34. The van der Waals surface area contributed by atoms with Crippen molar-refractivity contribution in [2.24, 2.45) is 5.92 Å². The van der Waals surface area contributed by atoms with Crippen molar-refractivity contribution in [3.63, 3.8) is 0 Å². The Morgan fingerprint density at radius 2 is 1.97 bits per heavy atom. The van der Waals surface area contributed by atoms with Crippen molar-refractivity contribution in [1.82, 2.24) is 20.9 Å². The zero-order valence-electron chi connectivity index (χ0n) is 20.6. The molecule has 0 aromatic carbocycles. The lowest BCUT2D eigenvalue weighted by Crippen LogP contribution is -2.71. The van der Waals surface area contributed by atoms with E-state index >= 15 is 0 Å². The Balaban J connectivity index is 1.11. The molecule has 10 heteroatoms. The van der Waals surface area contributed by atoms with E-state index in [9.17, 15) is 19.1 Å². The van der Waals surface area contributed by atoms with Crippen molar-refractivity contribution in [3.8, 4) is 0 Å². The van der Waals surface area contributed by atoms with E-state index < -0.39 is 28.7 Å². The standard InChI is InChI=1S/C25H40ClFN4O4/c1-15-3-2-10-31-13-19(28-22(15)31)23(34)30-24-6-8-25(9-7-24,20(32)12-24)29-21(33)14-35-16-4-5-17(26)18(27)11-16/h15-20,22,28,32H,2-14H2,1H3,(H,29,33)(H,30,34). The summed E-state index contributed by atoms with van der Waals surface area (Å²) in [7, 11) is 0. The summed E-state index contributed by atoms with van der Waals surface area (Å²) in [5.41, 5.74) is -1.11. The maximum absolute atomic E-state index is 13.8. The molecule has 4 saturated carbocycles. The molecule has 6 aliphatic rings. The van der Waals surface area contributed by atoms with E-state index in [2.05, 4.69) is 27.8 Å². The molecule has 7 unspecified atom stereocenters. The van der Waals surface area contributed by atoms with Crippen LogP contribution in [0.5, 0.6) is 0 Å². The van der Waals surface area contributed by atoms with Crippen LogP contribution in [0.15, 0.2) is 0 Å². The maximum Gasteiger partial charge on any atom is 0.246 e. The first kappa shape index (κ1) is 25.6. The van der Waals surface area contributed by atoms with Gasteiger partial charge in [0.15, 0.2) is 0 Å². The van der Waals surface area contributed by atoms with Crippen molar-refractivity contribution < 1.29 is 23.8 Å². The van der Waals surface area contributed by atoms with Gasteiger partial charge in [0.25, 0.3) is 0 Å². The van der Waals surface area contributed by atoms with Crippen molar-refractivity contribution in [1.29, 1.82) is 0 Å². The first-order chi connectivity index (χ1) is 16.7. The SMILES string of the molecule is CC1CCCN2CC(C(=O)NC34CCC(NC(=O)COC5CCC(Cl)C(F)C5)(CC3)C(O)C4)NC12. The normalized spacial score (nSPS) is 45.7. The van der Waals surface area contributed by atoms with Crippen LogP contribution in [0.1, 0.15) is 71.1 Å². The van der Waals surface area contributed by atoms with Crippen LogP contribution in [0.2, 0.25) is 0 Å². The summed E-state index contributed by atoms with van der Waals surface area (Å²) in [4.78, 5) is 28.2. The van der Waals surface area contributed by atoms with E-state index in [4.69, 9.17) is 16.3 Å². The van der Waals surface area contributed by atoms with E-state index in [0.29, 0.717) is 38.0 Å². The highest BCUT2D eigenvalue weighted by molar-refractivity contribution is 6.21. The van der Waals surface area contributed by atoms with E-state index in [0.717, 1.165) is 25.9 Å². The van der Waals surface area contributed by atoms with Crippen molar-refractivity contribution in [3.05, 3.63) is 0 Å². The quantitative estimate of drug-likeness (QED) is 0.401. The summed E-state index contributed by atoms with van der Waals surface area (Å²) < 4.78 is 19.5. The highest BCUT2D eigenvalue weighted by Gasteiger charge is 2.56. The van der Waals surface area contributed by atoms with Gasteiger partial charge in [0.2, 0.25) is 11.8 Å². The van der Waals surface area contributed by atoms with Gasteiger partial charge < -0.3 is 20.5 Å². The molecule has 35 heavy (non-hydrogen) atoms. The number of carbonyl (C=O) groups excluding carboxylic acids is 2. The van der Waals surface area contributed by atoms with Crippen LogP contribution >= 0.6 is 11.6 Å². The number of nitrogens with zero attached hydrogens (tertiary/aromatic N) is 1. The molecule has 0 radical (unpaired) electrons. The molecule has 2 saturated heterocycles. The zero-order chi connectivity index (χ0) is 24.8. The summed E-state index contributed by atoms with van der Waals surface area (Å²) in [6.45, 7) is 3.85. The Bertz CT molecular complexity index is 810. The molecule has 6 fully saturated rings. The summed E-state index contributed by atoms with van der Waals surface area (Å²) in [6, 6.07) is -0.227. The summed E-state index contributed by atoms with van der Waals surface area (Å²) >= 11 is 5.93. The van der Waals surface area contributed by atoms with Gasteiger partial charge >= 0.3 is 0 Å². The van der Waals surface area contributed by atoms with E-state index in [-0.39, 0.29) is 43.2 Å². The Labute approximate surface area is 212 Å². The van der Waals surface area contributed by atoms with E-state index in [1.165, 1.54) is 12.8 Å². The van der Waals surface area contributed by atoms with Gasteiger partial charge in [-0.2, -0.15) is 0 Å². The van der Waals surface area contributed by atoms with Gasteiger partial charge in [-0.15, -0.1) is 11.6 Å². The van der Waals surface area contributed by atoms with Crippen LogP contribution in [-0.4, -0.2) is 88.6 Å². The fourth-order valence-corrected chi connectivity index (χ4v) is 7.34. The fraction of sp³-hybridized carbons (Fsp3) is 0.920. The third-order valence-corrected chi connectivity index (χ3v) is 9.83. The molecule has 0 aromatic heterocycles. The monoisotopic (exact) mass is 514 g/mol. The fourth-order valence-electron chi connectivity index (χ4n) is 7.11. The number of halogens is 2. The minimum Gasteiger partial charge on any atom is -0.391 e. The minimum atomic E-state index is -1.11. The number of hydrogen-bond donors (Lipinski definition) is 4. The van der Waals surface area contributed by atoms with Crippen LogP contribution in [0.3, 0.4) is 0 Å². The molecule has 7 atom stereocenters. The Morgan fingerprint density at radius 1 is 1.20 bits per heavy atom. The molecule has 198 valence electrons. The van der Waals surface area contributed by atoms with Crippen LogP contribution < -0.4 is 16.0 Å². The molecule has 4 N–H and O–H groups in total. The zero-order valence-corrected chi connectivity index (χ0v) is 21.4. The number of nitrogens with one attached hydrogen (secondary N) is 3. The molecule has 0 spiro atoms. The number of amides is 2. The first-order valence-electron chi connectivity index (χ1n) is 13.4. The van der Waals surface area contributed by atoms with Crippen molar-refractivity contribution >= 4 is 23.4 Å². The molecule has 2 bridgehead atoms. The first-order valence-corrected chi connectivity index (χ1v) is 13.8. The third kappa shape index (κ3) is 5.21. The highest BCUT2D eigenvalue weighted by Crippen LogP contribution is 2.47. The van der Waals surface area contributed by atoms with Crippen molar-refractivity contribution in [2.45, 2.75) is 118 Å². The molecular weight excluding hydrogens is 475 g/mol. The topological polar surface area (TPSA) is 103 Å². The van der Waals surface area contributed by atoms with E-state index in [1.807, 2.05) is 0 Å². The second-order valence-corrected chi connectivity index (χ2v) is 12.3. The lowest BCUT2D eigenvalue weighted by Gasteiger charge is -2.56. The molecule has 2 aliphatic heterocycles. The number of piperidine rings is 1. The Kier molecular flexibility index (Phi) is 7.36. The smallest absolute Gasteiger partial charge is 0.246 e. The Morgan fingerprint density at radius 3 is 2.66 bits per heavy atom. The minimum absolute atomic E-state index is 0.0171. The van der Waals surface area contributed by atoms with Gasteiger partial charge in [-0.3, -0.25) is 19.8 Å². The van der Waals surface area contributed by atoms with E-state index in [1.54, 1.807) is 0 Å². The van der Waals surface area contributed by atoms with Crippen LogP contribution in [0.4, 0.5) is 4.39 Å². The van der Waals surface area contributed by atoms with Crippen LogP contribution in [0, 0.1) is 5.92 Å². The average molecular weight is 515 g/mol. The number of hydrogen-bond acceptors (Lipinski definition) is 6. The second kappa shape index (κ2) is 10.0.